The van der Waals surface area contributed by atoms with Crippen LogP contribution in [0, 0.1) is 0 Å². The maximum atomic E-state index is 9.45. The van der Waals surface area contributed by atoms with Gasteiger partial charge in [-0.25, -0.2) is 9.78 Å². The summed E-state index contributed by atoms with van der Waals surface area (Å²) in [5.74, 6) is -1.19. The number of aliphatic carboxylic acids is 1. The van der Waals surface area contributed by atoms with Gasteiger partial charge < -0.3 is 15.2 Å². The molecule has 0 spiro atoms. The lowest BCUT2D eigenvalue weighted by Crippen LogP contribution is -2.13. The summed E-state index contributed by atoms with van der Waals surface area (Å²) in [4.78, 5) is 17.0. The van der Waals surface area contributed by atoms with E-state index in [2.05, 4.69) is 28.2 Å². The topological polar surface area (TPSA) is 86.2 Å². The van der Waals surface area contributed by atoms with Crippen LogP contribution >= 0.6 is 0 Å². The summed E-state index contributed by atoms with van der Waals surface area (Å²) in [7, 11) is 0. The van der Waals surface area contributed by atoms with Gasteiger partial charge in [0.1, 0.15) is 11.8 Å². The van der Waals surface area contributed by atoms with Gasteiger partial charge in [0.15, 0.2) is 0 Å². The molecule has 2 heterocycles. The number of rotatable bonds is 1. The molecule has 0 radical (unpaired) electrons. The van der Waals surface area contributed by atoms with Crippen LogP contribution in [0.4, 0.5) is 0 Å². The van der Waals surface area contributed by atoms with Crippen molar-refractivity contribution >= 4 is 27.9 Å². The fourth-order valence-corrected chi connectivity index (χ4v) is 1.68. The summed E-state index contributed by atoms with van der Waals surface area (Å²) >= 11 is 0. The molecule has 0 amide bonds. The third kappa shape index (κ3) is 2.89. The Kier molecular flexibility index (Phi) is 3.77. The van der Waals surface area contributed by atoms with Gasteiger partial charge in [-0.05, 0) is 25.1 Å². The average molecular weight is 258 g/mol. The molecule has 0 aliphatic carbocycles. The number of nitrogens with zero attached hydrogens (tertiary/aromatic N) is 1. The van der Waals surface area contributed by atoms with Crippen molar-refractivity contribution in [3.63, 3.8) is 0 Å². The second-order valence-corrected chi connectivity index (χ2v) is 4.08. The molecule has 0 saturated heterocycles. The zero-order chi connectivity index (χ0) is 13.8. The lowest BCUT2D eigenvalue weighted by Gasteiger charge is -1.89. The molecular weight excluding hydrogens is 244 g/mol. The number of aliphatic hydroxyl groups excluding tert-OH is 1. The second kappa shape index (κ2) is 5.49. The third-order valence-electron chi connectivity index (χ3n) is 2.64. The molecule has 0 aliphatic heterocycles. The van der Waals surface area contributed by atoms with E-state index in [0.717, 1.165) is 11.2 Å². The number of H-pyrrole nitrogens is 1. The number of carboxylic acid groups (broad SMARTS) is 1. The van der Waals surface area contributed by atoms with Gasteiger partial charge in [0.25, 0.3) is 0 Å². The fraction of sp³-hybridized carbons (Fsp3) is 0.143. The highest BCUT2D eigenvalue weighted by molar-refractivity contribution is 6.05. The summed E-state index contributed by atoms with van der Waals surface area (Å²) in [6.45, 7) is 1.20. The summed E-state index contributed by atoms with van der Waals surface area (Å²) in [5.41, 5.74) is 2.11. The number of hydrogen-bond donors (Lipinski definition) is 3. The number of aromatic nitrogens is 2. The van der Waals surface area contributed by atoms with E-state index in [0.29, 0.717) is 0 Å². The molecular formula is C14H14N2O3. The van der Waals surface area contributed by atoms with Gasteiger partial charge in [0.05, 0.1) is 0 Å². The molecule has 0 fully saturated rings. The number of carboxylic acids is 1. The van der Waals surface area contributed by atoms with E-state index >= 15 is 0 Å². The van der Waals surface area contributed by atoms with Crippen LogP contribution in [-0.2, 0) is 4.79 Å². The summed E-state index contributed by atoms with van der Waals surface area (Å²) in [6, 6.07) is 12.3. The summed E-state index contributed by atoms with van der Waals surface area (Å²) in [6.07, 6.45) is 0.572. The summed E-state index contributed by atoms with van der Waals surface area (Å²) < 4.78 is 0. The Hall–Kier alpha value is -2.40. The highest BCUT2D eigenvalue weighted by Gasteiger charge is 2.02. The maximum Gasteiger partial charge on any atom is 0.332 e. The molecule has 19 heavy (non-hydrogen) atoms. The smallest absolute Gasteiger partial charge is 0.332 e. The highest BCUT2D eigenvalue weighted by Crippen LogP contribution is 2.22. The van der Waals surface area contributed by atoms with Crippen molar-refractivity contribution in [2.75, 3.05) is 0 Å². The number of carbonyl (C=O) groups is 1. The monoisotopic (exact) mass is 258 g/mol. The van der Waals surface area contributed by atoms with Gasteiger partial charge in [-0.3, -0.25) is 0 Å². The van der Waals surface area contributed by atoms with Gasteiger partial charge >= 0.3 is 5.97 Å². The normalized spacial score (nSPS) is 11.9. The molecule has 1 unspecified atom stereocenters. The second-order valence-electron chi connectivity index (χ2n) is 4.08. The molecule has 3 rings (SSSR count). The number of aromatic amines is 1. The molecule has 5 nitrogen and oxygen atoms in total. The van der Waals surface area contributed by atoms with Crippen molar-refractivity contribution in [3.8, 4) is 0 Å². The van der Waals surface area contributed by atoms with Crippen LogP contribution < -0.4 is 0 Å². The van der Waals surface area contributed by atoms with Crippen molar-refractivity contribution in [2.24, 2.45) is 0 Å². The van der Waals surface area contributed by atoms with E-state index in [1.165, 1.54) is 17.7 Å². The fourth-order valence-electron chi connectivity index (χ4n) is 1.68. The predicted octanol–water partition coefficient (Wildman–Crippen LogP) is 2.17. The van der Waals surface area contributed by atoms with Crippen molar-refractivity contribution < 1.29 is 15.0 Å². The Morgan fingerprint density at radius 2 is 1.84 bits per heavy atom. The maximum absolute atomic E-state index is 9.45. The Morgan fingerprint density at radius 1 is 1.21 bits per heavy atom. The number of hydrogen-bond acceptors (Lipinski definition) is 3. The Balaban J connectivity index is 0.000000192. The number of fused-ring (bicyclic) bond motifs is 3. The minimum absolute atomic E-state index is 0.962. The van der Waals surface area contributed by atoms with Crippen molar-refractivity contribution in [2.45, 2.75) is 13.0 Å². The zero-order valence-electron chi connectivity index (χ0n) is 10.4. The first-order chi connectivity index (χ1) is 9.09. The van der Waals surface area contributed by atoms with Crippen molar-refractivity contribution in [1.82, 2.24) is 9.97 Å². The van der Waals surface area contributed by atoms with Crippen LogP contribution in [0.1, 0.15) is 6.92 Å². The van der Waals surface area contributed by atoms with E-state index in [-0.39, 0.29) is 0 Å². The number of pyridine rings is 1. The Morgan fingerprint density at radius 3 is 2.53 bits per heavy atom. The van der Waals surface area contributed by atoms with Gasteiger partial charge in [-0.15, -0.1) is 0 Å². The highest BCUT2D eigenvalue weighted by atomic mass is 16.4. The van der Waals surface area contributed by atoms with Gasteiger partial charge in [0, 0.05) is 22.5 Å². The first-order valence-electron chi connectivity index (χ1n) is 5.82. The summed E-state index contributed by atoms with van der Waals surface area (Å²) in [5, 5.41) is 18.2. The van der Waals surface area contributed by atoms with Gasteiger partial charge in [-0.2, -0.15) is 0 Å². The van der Waals surface area contributed by atoms with Crippen LogP contribution in [0.3, 0.4) is 0 Å². The Labute approximate surface area is 109 Å². The molecule has 98 valence electrons. The SMILES string of the molecule is CC(O)C(=O)O.c1ccc2c(c1)[nH]c1ncccc12. The molecule has 3 N–H and O–H groups in total. The van der Waals surface area contributed by atoms with Crippen LogP contribution in [0.2, 0.25) is 0 Å². The van der Waals surface area contributed by atoms with E-state index in [1.54, 1.807) is 6.20 Å². The minimum atomic E-state index is -1.23. The quantitative estimate of drug-likeness (QED) is 0.624. The van der Waals surface area contributed by atoms with E-state index < -0.39 is 12.1 Å². The molecule has 1 atom stereocenters. The lowest BCUT2D eigenvalue weighted by molar-refractivity contribution is -0.145. The molecule has 0 aliphatic rings. The predicted molar refractivity (Wildman–Crippen MR) is 72.9 cm³/mol. The van der Waals surface area contributed by atoms with Crippen LogP contribution in [0.5, 0.6) is 0 Å². The lowest BCUT2D eigenvalue weighted by atomic mass is 10.2. The van der Waals surface area contributed by atoms with Crippen molar-refractivity contribution in [1.29, 1.82) is 0 Å². The van der Waals surface area contributed by atoms with Crippen molar-refractivity contribution in [3.05, 3.63) is 42.6 Å². The average Bonchev–Trinajstić information content (AvgIpc) is 2.78. The van der Waals surface area contributed by atoms with E-state index in [4.69, 9.17) is 10.2 Å². The largest absolute Gasteiger partial charge is 0.479 e. The first kappa shape index (κ1) is 13.0. The zero-order valence-corrected chi connectivity index (χ0v) is 10.4. The molecule has 0 saturated carbocycles. The van der Waals surface area contributed by atoms with Crippen LogP contribution in [0.15, 0.2) is 42.6 Å². The Bertz CT molecular complexity index is 654. The van der Waals surface area contributed by atoms with Crippen LogP contribution in [0.25, 0.3) is 21.9 Å². The standard InChI is InChI=1S/C11H8N2.C3H6O3/c1-2-6-10-8(4-1)9-5-3-7-12-11(9)13-10;1-2(4)3(5)6/h1-7H,(H,12,13);2,4H,1H3,(H,5,6). The van der Waals surface area contributed by atoms with Gasteiger partial charge in [-0.1, -0.05) is 18.2 Å². The molecule has 0 bridgehead atoms. The minimum Gasteiger partial charge on any atom is -0.479 e. The first-order valence-corrected chi connectivity index (χ1v) is 5.82. The number of aliphatic hydroxyl groups is 1. The number of nitrogens with one attached hydrogen (secondary N) is 1. The van der Waals surface area contributed by atoms with Crippen LogP contribution in [-0.4, -0.2) is 32.3 Å². The van der Waals surface area contributed by atoms with Gasteiger partial charge in [0.2, 0.25) is 0 Å². The molecule has 2 aromatic heterocycles. The molecule has 5 heteroatoms. The number of para-hydroxylation sites is 1. The number of benzene rings is 1. The van der Waals surface area contributed by atoms with E-state index in [9.17, 15) is 4.79 Å². The van der Waals surface area contributed by atoms with E-state index in [1.807, 2.05) is 18.2 Å². The molecule has 1 aromatic carbocycles. The third-order valence-corrected chi connectivity index (χ3v) is 2.64. The molecule has 3 aromatic rings.